The zero-order chi connectivity index (χ0) is 19.4. The highest BCUT2D eigenvalue weighted by atomic mass is 127. The van der Waals surface area contributed by atoms with Crippen molar-refractivity contribution in [1.29, 1.82) is 0 Å². The molecule has 0 saturated heterocycles. The number of ether oxygens (including phenoxy) is 1. The van der Waals surface area contributed by atoms with E-state index in [1.807, 2.05) is 6.07 Å². The van der Waals surface area contributed by atoms with Gasteiger partial charge in [-0.15, -0.1) is 11.3 Å². The second kappa shape index (κ2) is 8.57. The molecule has 1 amide bonds. The Kier molecular flexibility index (Phi) is 6.17. The summed E-state index contributed by atoms with van der Waals surface area (Å²) in [6.07, 6.45) is 0. The largest absolute Gasteiger partial charge is 0.456 e. The predicted octanol–water partition coefficient (Wildman–Crippen LogP) is 4.93. The fraction of sp³-hybridized carbons (Fsp3) is 0.105. The van der Waals surface area contributed by atoms with Gasteiger partial charge < -0.3 is 4.74 Å². The standard InChI is InChI=1S/C19H14FIN2O3S/c1-12(24)23(17-8-3-2-7-16(17)20)19-22-15(11-27-19)10-26-18(25)13-5-4-6-14(21)9-13/h2-9,11H,10H2,1H3. The summed E-state index contributed by atoms with van der Waals surface area (Å²) < 4.78 is 20.3. The molecule has 0 atom stereocenters. The Morgan fingerprint density at radius 1 is 1.22 bits per heavy atom. The van der Waals surface area contributed by atoms with Crippen LogP contribution in [0.4, 0.5) is 15.2 Å². The Hall–Kier alpha value is -2.33. The van der Waals surface area contributed by atoms with E-state index in [2.05, 4.69) is 27.6 Å². The highest BCUT2D eigenvalue weighted by molar-refractivity contribution is 14.1. The van der Waals surface area contributed by atoms with Gasteiger partial charge in [-0.3, -0.25) is 9.69 Å². The molecule has 0 radical (unpaired) electrons. The summed E-state index contributed by atoms with van der Waals surface area (Å²) in [4.78, 5) is 29.7. The minimum Gasteiger partial charge on any atom is -0.456 e. The average molecular weight is 496 g/mol. The van der Waals surface area contributed by atoms with Crippen LogP contribution in [-0.4, -0.2) is 16.9 Å². The lowest BCUT2D eigenvalue weighted by atomic mass is 10.2. The van der Waals surface area contributed by atoms with Crippen molar-refractivity contribution in [3.63, 3.8) is 0 Å². The van der Waals surface area contributed by atoms with Crippen LogP contribution in [0.1, 0.15) is 23.0 Å². The van der Waals surface area contributed by atoms with E-state index < -0.39 is 11.8 Å². The number of amides is 1. The van der Waals surface area contributed by atoms with E-state index in [4.69, 9.17) is 4.74 Å². The van der Waals surface area contributed by atoms with E-state index in [-0.39, 0.29) is 18.2 Å². The first-order chi connectivity index (χ1) is 13.0. The molecule has 3 aromatic rings. The van der Waals surface area contributed by atoms with E-state index in [9.17, 15) is 14.0 Å². The number of carbonyl (C=O) groups is 2. The topological polar surface area (TPSA) is 59.5 Å². The number of hydrogen-bond donors (Lipinski definition) is 0. The second-order valence-electron chi connectivity index (χ2n) is 5.51. The van der Waals surface area contributed by atoms with Gasteiger partial charge >= 0.3 is 5.97 Å². The maximum absolute atomic E-state index is 14.1. The van der Waals surface area contributed by atoms with Crippen molar-refractivity contribution >= 4 is 56.6 Å². The Balaban J connectivity index is 1.74. The van der Waals surface area contributed by atoms with Gasteiger partial charge in [-0.05, 0) is 52.9 Å². The van der Waals surface area contributed by atoms with E-state index in [0.29, 0.717) is 16.4 Å². The monoisotopic (exact) mass is 496 g/mol. The summed E-state index contributed by atoms with van der Waals surface area (Å²) >= 11 is 3.29. The van der Waals surface area contributed by atoms with Crippen LogP contribution >= 0.6 is 33.9 Å². The number of thiazole rings is 1. The predicted molar refractivity (Wildman–Crippen MR) is 110 cm³/mol. The highest BCUT2D eigenvalue weighted by Gasteiger charge is 2.21. The van der Waals surface area contributed by atoms with Crippen LogP contribution in [0.25, 0.3) is 0 Å². The summed E-state index contributed by atoms with van der Waals surface area (Å²) in [6.45, 7) is 1.30. The van der Waals surface area contributed by atoms with Gasteiger partial charge in [-0.25, -0.2) is 14.2 Å². The van der Waals surface area contributed by atoms with Gasteiger partial charge in [0.2, 0.25) is 5.91 Å². The molecular weight excluding hydrogens is 482 g/mol. The van der Waals surface area contributed by atoms with E-state index in [0.717, 1.165) is 3.57 Å². The summed E-state index contributed by atoms with van der Waals surface area (Å²) in [5, 5.41) is 1.99. The zero-order valence-electron chi connectivity index (χ0n) is 14.2. The summed E-state index contributed by atoms with van der Waals surface area (Å²) in [5.41, 5.74) is 1.06. The fourth-order valence-electron chi connectivity index (χ4n) is 2.34. The molecule has 3 rings (SSSR count). The maximum atomic E-state index is 14.1. The molecule has 0 aliphatic heterocycles. The van der Waals surface area contributed by atoms with Crippen molar-refractivity contribution in [1.82, 2.24) is 4.98 Å². The molecule has 27 heavy (non-hydrogen) atoms. The maximum Gasteiger partial charge on any atom is 0.338 e. The van der Waals surface area contributed by atoms with Crippen molar-refractivity contribution < 1.29 is 18.7 Å². The molecule has 0 saturated carbocycles. The molecule has 1 aromatic heterocycles. The number of halogens is 2. The van der Waals surface area contributed by atoms with Crippen molar-refractivity contribution in [3.8, 4) is 0 Å². The van der Waals surface area contributed by atoms with Crippen LogP contribution in [0.5, 0.6) is 0 Å². The molecule has 5 nitrogen and oxygen atoms in total. The first-order valence-electron chi connectivity index (χ1n) is 7.88. The fourth-order valence-corrected chi connectivity index (χ4v) is 3.75. The van der Waals surface area contributed by atoms with Gasteiger partial charge in [0.15, 0.2) is 5.13 Å². The zero-order valence-corrected chi connectivity index (χ0v) is 17.2. The summed E-state index contributed by atoms with van der Waals surface area (Å²) in [7, 11) is 0. The smallest absolute Gasteiger partial charge is 0.338 e. The molecule has 0 N–H and O–H groups in total. The third-order valence-electron chi connectivity index (χ3n) is 3.55. The second-order valence-corrected chi connectivity index (χ2v) is 7.60. The average Bonchev–Trinajstić information content (AvgIpc) is 3.09. The lowest BCUT2D eigenvalue weighted by molar-refractivity contribution is -0.115. The van der Waals surface area contributed by atoms with Crippen molar-refractivity contribution in [3.05, 3.63) is 74.6 Å². The van der Waals surface area contributed by atoms with Crippen LogP contribution in [-0.2, 0) is 16.1 Å². The number of hydrogen-bond acceptors (Lipinski definition) is 5. The van der Waals surface area contributed by atoms with Crippen LogP contribution in [0.2, 0.25) is 0 Å². The van der Waals surface area contributed by atoms with E-state index in [1.165, 1.54) is 35.3 Å². The lowest BCUT2D eigenvalue weighted by Crippen LogP contribution is -2.23. The van der Waals surface area contributed by atoms with E-state index >= 15 is 0 Å². The first kappa shape index (κ1) is 19.4. The molecule has 1 heterocycles. The van der Waals surface area contributed by atoms with Crippen molar-refractivity contribution in [2.75, 3.05) is 4.90 Å². The SMILES string of the molecule is CC(=O)N(c1nc(COC(=O)c2cccc(I)c2)cs1)c1ccccc1F. The van der Waals surface area contributed by atoms with Crippen LogP contribution in [0, 0.1) is 9.39 Å². The molecule has 0 aliphatic carbocycles. The summed E-state index contributed by atoms with van der Waals surface area (Å²) in [5.74, 6) is -1.34. The number of benzene rings is 2. The molecule has 0 spiro atoms. The highest BCUT2D eigenvalue weighted by Crippen LogP contribution is 2.30. The number of esters is 1. The van der Waals surface area contributed by atoms with Gasteiger partial charge in [-0.1, -0.05) is 18.2 Å². The van der Waals surface area contributed by atoms with Gasteiger partial charge in [-0.2, -0.15) is 0 Å². The first-order valence-corrected chi connectivity index (χ1v) is 9.84. The molecule has 0 fully saturated rings. The molecule has 138 valence electrons. The van der Waals surface area contributed by atoms with Gasteiger partial charge in [0, 0.05) is 15.9 Å². The lowest BCUT2D eigenvalue weighted by Gasteiger charge is -2.18. The number of aromatic nitrogens is 1. The Morgan fingerprint density at radius 3 is 2.70 bits per heavy atom. The van der Waals surface area contributed by atoms with Gasteiger partial charge in [0.1, 0.15) is 12.4 Å². The Morgan fingerprint density at radius 2 is 2.00 bits per heavy atom. The molecule has 8 heteroatoms. The number of carbonyl (C=O) groups excluding carboxylic acids is 2. The van der Waals surface area contributed by atoms with Crippen molar-refractivity contribution in [2.45, 2.75) is 13.5 Å². The number of rotatable bonds is 5. The molecular formula is C19H14FIN2O3S. The Bertz CT molecular complexity index is 992. The van der Waals surface area contributed by atoms with Crippen molar-refractivity contribution in [2.24, 2.45) is 0 Å². The normalized spacial score (nSPS) is 10.5. The molecule has 0 aliphatic rings. The van der Waals surface area contributed by atoms with E-state index in [1.54, 1.807) is 35.7 Å². The number of para-hydroxylation sites is 1. The summed E-state index contributed by atoms with van der Waals surface area (Å²) in [6, 6.07) is 13.0. The molecule has 0 bridgehead atoms. The Labute approximate surface area is 172 Å². The van der Waals surface area contributed by atoms with Gasteiger partial charge in [0.25, 0.3) is 0 Å². The quantitative estimate of drug-likeness (QED) is 0.372. The number of anilines is 2. The third kappa shape index (κ3) is 4.69. The minimum atomic E-state index is -0.519. The third-order valence-corrected chi connectivity index (χ3v) is 5.10. The van der Waals surface area contributed by atoms with Gasteiger partial charge in [0.05, 0.1) is 16.9 Å². The van der Waals surface area contributed by atoms with Crippen LogP contribution in [0.15, 0.2) is 53.9 Å². The molecule has 2 aromatic carbocycles. The minimum absolute atomic E-state index is 0.0379. The van der Waals surface area contributed by atoms with Crippen LogP contribution < -0.4 is 4.90 Å². The molecule has 0 unspecified atom stereocenters. The number of nitrogens with zero attached hydrogens (tertiary/aromatic N) is 2. The van der Waals surface area contributed by atoms with Crippen LogP contribution in [0.3, 0.4) is 0 Å².